The van der Waals surface area contributed by atoms with Crippen molar-refractivity contribution in [1.29, 1.82) is 0 Å². The Morgan fingerprint density at radius 3 is 2.48 bits per heavy atom. The summed E-state index contributed by atoms with van der Waals surface area (Å²) in [4.78, 5) is 12.2. The molecular weight excluding hydrogens is 308 g/mol. The van der Waals surface area contributed by atoms with E-state index in [2.05, 4.69) is 20.8 Å². The van der Waals surface area contributed by atoms with Crippen LogP contribution < -0.4 is 0 Å². The van der Waals surface area contributed by atoms with Gasteiger partial charge in [0, 0.05) is 5.92 Å². The standard InChI is InChI=1S/C23H38O2/c1-5-16-12-19-15(13-23(16,4)25)6-7-18-17(19)10-11-22(3)20(14(2)24)8-9-21(18)22/h15-21,25H,5-13H2,1-4H3/t15-,16+,17+,18-,19+,20-,21+,22-,23+/m1/s1. The lowest BCUT2D eigenvalue weighted by Crippen LogP contribution is -2.53. The second-order valence-corrected chi connectivity index (χ2v) is 10.6. The monoisotopic (exact) mass is 346 g/mol. The van der Waals surface area contributed by atoms with Crippen LogP contribution in [0.3, 0.4) is 0 Å². The summed E-state index contributed by atoms with van der Waals surface area (Å²) in [6, 6.07) is 0. The summed E-state index contributed by atoms with van der Waals surface area (Å²) < 4.78 is 0. The number of carbonyl (C=O) groups excluding carboxylic acids is 1. The average molecular weight is 347 g/mol. The predicted octanol–water partition coefficient (Wildman–Crippen LogP) is 5.23. The summed E-state index contributed by atoms with van der Waals surface area (Å²) in [6.45, 7) is 8.62. The molecule has 0 radical (unpaired) electrons. The zero-order chi connectivity index (χ0) is 18.0. The van der Waals surface area contributed by atoms with Crippen LogP contribution in [0.5, 0.6) is 0 Å². The highest BCUT2D eigenvalue weighted by atomic mass is 16.3. The number of aliphatic hydroxyl groups is 1. The topological polar surface area (TPSA) is 37.3 Å². The second-order valence-electron chi connectivity index (χ2n) is 10.6. The van der Waals surface area contributed by atoms with Crippen molar-refractivity contribution < 1.29 is 9.90 Å². The van der Waals surface area contributed by atoms with Crippen molar-refractivity contribution in [3.8, 4) is 0 Å². The van der Waals surface area contributed by atoms with Crippen LogP contribution >= 0.6 is 0 Å². The minimum atomic E-state index is -0.445. The summed E-state index contributed by atoms with van der Waals surface area (Å²) in [5.74, 6) is 5.33. The van der Waals surface area contributed by atoms with Gasteiger partial charge in [-0.1, -0.05) is 20.3 Å². The van der Waals surface area contributed by atoms with Gasteiger partial charge in [0.1, 0.15) is 5.78 Å². The Balaban J connectivity index is 1.57. The first-order valence-corrected chi connectivity index (χ1v) is 11.0. The molecule has 0 heterocycles. The molecule has 0 unspecified atom stereocenters. The van der Waals surface area contributed by atoms with E-state index in [0.29, 0.717) is 17.6 Å². The lowest BCUT2D eigenvalue weighted by atomic mass is 9.48. The Hall–Kier alpha value is -0.370. The van der Waals surface area contributed by atoms with Crippen molar-refractivity contribution in [2.75, 3.05) is 0 Å². The highest BCUT2D eigenvalue weighted by Crippen LogP contribution is 2.65. The van der Waals surface area contributed by atoms with Crippen molar-refractivity contribution >= 4 is 5.78 Å². The number of Topliss-reactive ketones (excluding diaryl/α,β-unsaturated/α-hetero) is 1. The van der Waals surface area contributed by atoms with Crippen LogP contribution in [0.2, 0.25) is 0 Å². The molecule has 0 spiro atoms. The maximum atomic E-state index is 12.2. The molecule has 4 rings (SSSR count). The average Bonchev–Trinajstić information content (AvgIpc) is 2.90. The van der Waals surface area contributed by atoms with Crippen molar-refractivity contribution in [1.82, 2.24) is 0 Å². The Morgan fingerprint density at radius 2 is 1.80 bits per heavy atom. The summed E-state index contributed by atoms with van der Waals surface area (Å²) in [5.41, 5.74) is -0.164. The fourth-order valence-electron chi connectivity index (χ4n) is 8.41. The van der Waals surface area contributed by atoms with E-state index in [1.54, 1.807) is 0 Å². The van der Waals surface area contributed by atoms with E-state index in [1.807, 2.05) is 6.92 Å². The van der Waals surface area contributed by atoms with Crippen LogP contribution in [-0.4, -0.2) is 16.5 Å². The zero-order valence-corrected chi connectivity index (χ0v) is 16.8. The van der Waals surface area contributed by atoms with E-state index in [0.717, 1.165) is 48.9 Å². The fourth-order valence-corrected chi connectivity index (χ4v) is 8.41. The van der Waals surface area contributed by atoms with E-state index in [1.165, 1.54) is 38.5 Å². The van der Waals surface area contributed by atoms with Gasteiger partial charge >= 0.3 is 0 Å². The van der Waals surface area contributed by atoms with Gasteiger partial charge in [-0.05, 0) is 106 Å². The molecule has 0 aliphatic heterocycles. The molecule has 25 heavy (non-hydrogen) atoms. The molecule has 4 aliphatic carbocycles. The van der Waals surface area contributed by atoms with Crippen LogP contribution in [0.4, 0.5) is 0 Å². The van der Waals surface area contributed by atoms with Gasteiger partial charge in [0.05, 0.1) is 5.60 Å². The van der Waals surface area contributed by atoms with Crippen molar-refractivity contribution in [3.05, 3.63) is 0 Å². The Bertz CT molecular complexity index is 538. The molecule has 4 aliphatic rings. The molecule has 9 atom stereocenters. The first-order valence-electron chi connectivity index (χ1n) is 11.0. The molecular formula is C23H38O2. The highest BCUT2D eigenvalue weighted by Gasteiger charge is 2.59. The predicted molar refractivity (Wildman–Crippen MR) is 101 cm³/mol. The molecule has 4 saturated carbocycles. The normalized spacial score (nSPS) is 55.2. The zero-order valence-electron chi connectivity index (χ0n) is 16.8. The minimum absolute atomic E-state index is 0.282. The van der Waals surface area contributed by atoms with E-state index in [4.69, 9.17) is 0 Å². The highest BCUT2D eigenvalue weighted by molar-refractivity contribution is 5.79. The van der Waals surface area contributed by atoms with Crippen molar-refractivity contribution in [3.63, 3.8) is 0 Å². The number of hydrogen-bond donors (Lipinski definition) is 1. The third kappa shape index (κ3) is 2.65. The van der Waals surface area contributed by atoms with Crippen LogP contribution in [0.15, 0.2) is 0 Å². The van der Waals surface area contributed by atoms with E-state index >= 15 is 0 Å². The van der Waals surface area contributed by atoms with E-state index in [9.17, 15) is 9.90 Å². The SMILES string of the molecule is CC[C@H]1C[C@H]2[C@H](CC[C@@H]3[C@@H]2CC[C@]2(C)[C@@H](C(C)=O)CC[C@@H]32)C[C@]1(C)O. The second kappa shape index (κ2) is 6.08. The summed E-state index contributed by atoms with van der Waals surface area (Å²) in [5, 5.41) is 10.9. The molecule has 2 nitrogen and oxygen atoms in total. The summed E-state index contributed by atoms with van der Waals surface area (Å²) in [7, 11) is 0. The van der Waals surface area contributed by atoms with Gasteiger partial charge in [-0.3, -0.25) is 4.79 Å². The first-order chi connectivity index (χ1) is 11.8. The van der Waals surface area contributed by atoms with Gasteiger partial charge in [-0.2, -0.15) is 0 Å². The Labute approximate surface area is 154 Å². The van der Waals surface area contributed by atoms with Gasteiger partial charge in [-0.25, -0.2) is 0 Å². The molecule has 0 aromatic rings. The number of hydrogen-bond acceptors (Lipinski definition) is 2. The van der Waals surface area contributed by atoms with Crippen LogP contribution in [0, 0.1) is 46.8 Å². The maximum absolute atomic E-state index is 12.2. The number of carbonyl (C=O) groups is 1. The quantitative estimate of drug-likeness (QED) is 0.743. The number of ketones is 1. The molecule has 0 amide bonds. The number of rotatable bonds is 2. The summed E-state index contributed by atoms with van der Waals surface area (Å²) >= 11 is 0. The van der Waals surface area contributed by atoms with Gasteiger partial charge in [-0.15, -0.1) is 0 Å². The van der Waals surface area contributed by atoms with Crippen LogP contribution in [-0.2, 0) is 4.79 Å². The van der Waals surface area contributed by atoms with E-state index < -0.39 is 5.60 Å². The van der Waals surface area contributed by atoms with E-state index in [-0.39, 0.29) is 5.41 Å². The Morgan fingerprint density at radius 1 is 1.04 bits per heavy atom. The van der Waals surface area contributed by atoms with Crippen molar-refractivity contribution in [2.45, 2.75) is 91.1 Å². The molecule has 142 valence electrons. The third-order valence-corrected chi connectivity index (χ3v) is 9.61. The molecule has 2 heteroatoms. The van der Waals surface area contributed by atoms with Gasteiger partial charge < -0.3 is 5.11 Å². The fraction of sp³-hybridized carbons (Fsp3) is 0.957. The third-order valence-electron chi connectivity index (χ3n) is 9.61. The number of fused-ring (bicyclic) bond motifs is 5. The molecule has 4 fully saturated rings. The molecule has 0 aromatic carbocycles. The van der Waals surface area contributed by atoms with Gasteiger partial charge in [0.2, 0.25) is 0 Å². The van der Waals surface area contributed by atoms with Crippen LogP contribution in [0.25, 0.3) is 0 Å². The smallest absolute Gasteiger partial charge is 0.133 e. The van der Waals surface area contributed by atoms with Gasteiger partial charge in [0.25, 0.3) is 0 Å². The summed E-state index contributed by atoms with van der Waals surface area (Å²) in [6.07, 6.45) is 11.1. The lowest BCUT2D eigenvalue weighted by molar-refractivity contribution is -0.136. The first kappa shape index (κ1) is 18.0. The lowest BCUT2D eigenvalue weighted by Gasteiger charge is -2.58. The molecule has 0 saturated heterocycles. The van der Waals surface area contributed by atoms with Crippen LogP contribution in [0.1, 0.15) is 85.5 Å². The van der Waals surface area contributed by atoms with Gasteiger partial charge in [0.15, 0.2) is 0 Å². The largest absolute Gasteiger partial charge is 0.390 e. The Kier molecular flexibility index (Phi) is 4.38. The molecule has 0 aromatic heterocycles. The minimum Gasteiger partial charge on any atom is -0.390 e. The maximum Gasteiger partial charge on any atom is 0.133 e. The molecule has 1 N–H and O–H groups in total. The van der Waals surface area contributed by atoms with Crippen molar-refractivity contribution in [2.24, 2.45) is 46.8 Å². The molecule has 0 bridgehead atoms.